The second kappa shape index (κ2) is 11.7. The van der Waals surface area contributed by atoms with Crippen LogP contribution in [0.15, 0.2) is 36.4 Å². The summed E-state index contributed by atoms with van der Waals surface area (Å²) in [6.07, 6.45) is -0.167. The smallest absolute Gasteiger partial charge is 0.614 e. The molecule has 4 heteroatoms. The molecule has 2 aromatic rings. The molecule has 0 atom stereocenters. The summed E-state index contributed by atoms with van der Waals surface area (Å²) in [5.74, 6) is 2.03. The van der Waals surface area contributed by atoms with Crippen LogP contribution in [0.1, 0.15) is 119 Å². The maximum Gasteiger partial charge on any atom is 0.832 e. The molecule has 2 aromatic carbocycles. The van der Waals surface area contributed by atoms with E-state index in [1.54, 1.807) is 13.8 Å². The molecule has 2 rings (SSSR count). The van der Waals surface area contributed by atoms with Crippen LogP contribution >= 0.6 is 0 Å². The van der Waals surface area contributed by atoms with Gasteiger partial charge in [0.2, 0.25) is 0 Å². The van der Waals surface area contributed by atoms with Crippen LogP contribution in [0.5, 0.6) is 11.5 Å². The van der Waals surface area contributed by atoms with Gasteiger partial charge in [-0.15, -0.1) is 0 Å². The van der Waals surface area contributed by atoms with Crippen molar-refractivity contribution in [3.63, 3.8) is 0 Å². The number of aliphatic hydroxyl groups is 1. The zero-order valence-corrected chi connectivity index (χ0v) is 26.4. The molecule has 0 aliphatic carbocycles. The zero-order valence-electron chi connectivity index (χ0n) is 25.0. The SMILES string of the molecule is CC(C)(C)c1cccc(C(C)(C)C)c1[O][AlH][O]c1c(C(C)(C)C)cccc1C(C)(C)C.CC(C)O. The normalized spacial score (nSPS) is 12.7. The van der Waals surface area contributed by atoms with E-state index >= 15 is 0 Å². The molecular formula is C31H51AlO3. The molecule has 0 saturated carbocycles. The summed E-state index contributed by atoms with van der Waals surface area (Å²) in [5.41, 5.74) is 5.01. The molecule has 0 spiro atoms. The van der Waals surface area contributed by atoms with Gasteiger partial charge in [-0.3, -0.25) is 0 Å². The Morgan fingerprint density at radius 2 is 0.743 bits per heavy atom. The first-order valence-electron chi connectivity index (χ1n) is 12.9. The maximum atomic E-state index is 8.06. The van der Waals surface area contributed by atoms with Crippen molar-refractivity contribution in [1.82, 2.24) is 0 Å². The molecule has 0 fully saturated rings. The van der Waals surface area contributed by atoms with Crippen LogP contribution in [0.3, 0.4) is 0 Å². The van der Waals surface area contributed by atoms with Gasteiger partial charge in [-0.2, -0.15) is 0 Å². The van der Waals surface area contributed by atoms with Crippen molar-refractivity contribution in [2.45, 2.75) is 125 Å². The molecule has 3 nitrogen and oxygen atoms in total. The molecule has 0 amide bonds. The minimum atomic E-state index is -1.30. The summed E-state index contributed by atoms with van der Waals surface area (Å²) in [4.78, 5) is 0. The number of hydrogen-bond donors (Lipinski definition) is 1. The van der Waals surface area contributed by atoms with E-state index in [0.717, 1.165) is 11.5 Å². The lowest BCUT2D eigenvalue weighted by Gasteiger charge is -2.32. The maximum absolute atomic E-state index is 8.06. The standard InChI is InChI=1S/2C14H22O.C3H8O.Al.H/c2*1-13(2,3)10-8-7-9-11(12(10)15)14(4,5)6;1-3(2)4;;/h2*7-9,15H,1-6H3;3-4H,1-2H3;;/q;;;+2;/p-2. The fourth-order valence-electron chi connectivity index (χ4n) is 3.89. The largest absolute Gasteiger partial charge is 0.832 e. The molecule has 0 aliphatic heterocycles. The molecule has 0 aliphatic rings. The van der Waals surface area contributed by atoms with Gasteiger partial charge < -0.3 is 12.7 Å². The van der Waals surface area contributed by atoms with Gasteiger partial charge >= 0.3 is 15.9 Å². The third-order valence-corrected chi connectivity index (χ3v) is 6.48. The van der Waals surface area contributed by atoms with Crippen molar-refractivity contribution in [2.24, 2.45) is 0 Å². The van der Waals surface area contributed by atoms with Crippen LogP contribution in [0, 0.1) is 0 Å². The van der Waals surface area contributed by atoms with Gasteiger partial charge in [0.15, 0.2) is 0 Å². The number of benzene rings is 2. The fraction of sp³-hybridized carbons (Fsp3) is 0.613. The van der Waals surface area contributed by atoms with E-state index < -0.39 is 15.9 Å². The van der Waals surface area contributed by atoms with Crippen LogP contribution in [0.25, 0.3) is 0 Å². The minimum absolute atomic E-state index is 0.00484. The molecule has 0 saturated heterocycles. The highest BCUT2D eigenvalue weighted by atomic mass is 27.2. The first-order valence-corrected chi connectivity index (χ1v) is 14.0. The lowest BCUT2D eigenvalue weighted by molar-refractivity contribution is 0.216. The van der Waals surface area contributed by atoms with E-state index in [2.05, 4.69) is 119 Å². The monoisotopic (exact) mass is 498 g/mol. The van der Waals surface area contributed by atoms with Gasteiger partial charge in [0, 0.05) is 6.10 Å². The Morgan fingerprint density at radius 1 is 0.543 bits per heavy atom. The summed E-state index contributed by atoms with van der Waals surface area (Å²) >= 11 is -1.30. The van der Waals surface area contributed by atoms with Crippen molar-refractivity contribution < 1.29 is 12.7 Å². The lowest BCUT2D eigenvalue weighted by Crippen LogP contribution is -2.25. The Balaban J connectivity index is 0.00000142. The Morgan fingerprint density at radius 3 is 0.914 bits per heavy atom. The summed E-state index contributed by atoms with van der Waals surface area (Å²) in [7, 11) is 0. The molecule has 196 valence electrons. The van der Waals surface area contributed by atoms with Crippen LogP contribution in [-0.2, 0) is 21.7 Å². The highest BCUT2D eigenvalue weighted by Crippen LogP contribution is 2.41. The van der Waals surface area contributed by atoms with Crippen LogP contribution in [0.2, 0.25) is 0 Å². The van der Waals surface area contributed by atoms with E-state index in [-0.39, 0.29) is 27.8 Å². The van der Waals surface area contributed by atoms with Crippen LogP contribution in [0.4, 0.5) is 0 Å². The predicted molar refractivity (Wildman–Crippen MR) is 153 cm³/mol. The molecule has 0 unspecified atom stereocenters. The van der Waals surface area contributed by atoms with Crippen molar-refractivity contribution in [1.29, 1.82) is 0 Å². The third-order valence-electron chi connectivity index (χ3n) is 5.67. The van der Waals surface area contributed by atoms with Crippen molar-refractivity contribution in [2.75, 3.05) is 0 Å². The van der Waals surface area contributed by atoms with Gasteiger partial charge in [0.25, 0.3) is 0 Å². The summed E-state index contributed by atoms with van der Waals surface area (Å²) in [6, 6.07) is 13.1. The van der Waals surface area contributed by atoms with E-state index in [1.165, 1.54) is 22.3 Å². The predicted octanol–water partition coefficient (Wildman–Crippen LogP) is 7.99. The Kier molecular flexibility index (Phi) is 10.6. The number of hydrogen-bond acceptors (Lipinski definition) is 3. The van der Waals surface area contributed by atoms with Crippen LogP contribution in [-0.4, -0.2) is 27.1 Å². The molecule has 0 bridgehead atoms. The number of aliphatic hydroxyl groups excluding tert-OH is 1. The first-order chi connectivity index (χ1) is 15.7. The Bertz CT molecular complexity index is 806. The quantitative estimate of drug-likeness (QED) is 0.434. The van der Waals surface area contributed by atoms with Crippen LogP contribution < -0.4 is 7.58 Å². The van der Waals surface area contributed by atoms with Gasteiger partial charge in [-0.25, -0.2) is 0 Å². The topological polar surface area (TPSA) is 38.7 Å². The molecule has 0 aromatic heterocycles. The zero-order chi connectivity index (χ0) is 27.4. The van der Waals surface area contributed by atoms with Gasteiger partial charge in [0.1, 0.15) is 0 Å². The summed E-state index contributed by atoms with van der Waals surface area (Å²) < 4.78 is 13.2. The van der Waals surface area contributed by atoms with Gasteiger partial charge in [-0.05, 0) is 57.8 Å². The first kappa shape index (κ1) is 31.6. The Hall–Kier alpha value is -1.47. The van der Waals surface area contributed by atoms with Gasteiger partial charge in [0.05, 0.1) is 11.5 Å². The van der Waals surface area contributed by atoms with E-state index in [9.17, 15) is 0 Å². The highest BCUT2D eigenvalue weighted by Gasteiger charge is 2.29. The minimum Gasteiger partial charge on any atom is -0.614 e. The van der Waals surface area contributed by atoms with E-state index in [0.29, 0.717) is 0 Å². The van der Waals surface area contributed by atoms with E-state index in [1.807, 2.05) is 0 Å². The second-order valence-corrected chi connectivity index (χ2v) is 14.7. The average molecular weight is 499 g/mol. The van der Waals surface area contributed by atoms with Crippen molar-refractivity contribution in [3.8, 4) is 11.5 Å². The van der Waals surface area contributed by atoms with Gasteiger partial charge in [-0.1, -0.05) is 119 Å². The molecule has 35 heavy (non-hydrogen) atoms. The summed E-state index contributed by atoms with van der Waals surface area (Å²) in [6.45, 7) is 30.4. The summed E-state index contributed by atoms with van der Waals surface area (Å²) in [5, 5.41) is 8.06. The number of rotatable bonds is 4. The average Bonchev–Trinajstić information content (AvgIpc) is 2.64. The molecule has 0 heterocycles. The van der Waals surface area contributed by atoms with Crippen molar-refractivity contribution in [3.05, 3.63) is 58.7 Å². The fourth-order valence-corrected chi connectivity index (χ4v) is 4.81. The lowest BCUT2D eigenvalue weighted by atomic mass is 9.79. The number of para-hydroxylation sites is 2. The molecular weight excluding hydrogens is 447 g/mol. The molecule has 0 radical (unpaired) electrons. The second-order valence-electron chi connectivity index (χ2n) is 13.9. The van der Waals surface area contributed by atoms with Crippen molar-refractivity contribution >= 4 is 15.9 Å². The van der Waals surface area contributed by atoms with E-state index in [4.69, 9.17) is 12.7 Å². The third kappa shape index (κ3) is 9.49. The Labute approximate surface area is 223 Å². The molecule has 1 N–H and O–H groups in total. The highest BCUT2D eigenvalue weighted by molar-refractivity contribution is 6.21.